The fraction of sp³-hybridized carbons (Fsp3) is 0.588. The predicted molar refractivity (Wildman–Crippen MR) is 94.6 cm³/mol. The van der Waals surface area contributed by atoms with Crippen LogP contribution in [0.15, 0.2) is 24.3 Å². The van der Waals surface area contributed by atoms with Crippen molar-refractivity contribution in [2.24, 2.45) is 5.73 Å². The highest BCUT2D eigenvalue weighted by Crippen LogP contribution is 2.14. The third kappa shape index (κ3) is 8.21. The van der Waals surface area contributed by atoms with E-state index in [1.165, 1.54) is 0 Å². The van der Waals surface area contributed by atoms with E-state index in [0.717, 1.165) is 23.6 Å². The van der Waals surface area contributed by atoms with E-state index < -0.39 is 11.7 Å². The van der Waals surface area contributed by atoms with Crippen LogP contribution in [-0.2, 0) is 11.3 Å². The maximum absolute atomic E-state index is 11.6. The SMILES string of the molecule is CN(Cc1cccc(Cl)c1)C(CN)CCNC(=O)OC(C)(C)C. The molecule has 1 atom stereocenters. The fourth-order valence-corrected chi connectivity index (χ4v) is 2.44. The van der Waals surface area contributed by atoms with Crippen LogP contribution in [0.2, 0.25) is 5.02 Å². The normalized spacial score (nSPS) is 13.0. The molecule has 5 nitrogen and oxygen atoms in total. The van der Waals surface area contributed by atoms with E-state index in [0.29, 0.717) is 13.1 Å². The van der Waals surface area contributed by atoms with Crippen LogP contribution in [0, 0.1) is 0 Å². The molecule has 3 N–H and O–H groups in total. The quantitative estimate of drug-likeness (QED) is 0.800. The Labute approximate surface area is 144 Å². The number of nitrogens with one attached hydrogen (secondary N) is 1. The lowest BCUT2D eigenvalue weighted by molar-refractivity contribution is 0.0522. The van der Waals surface area contributed by atoms with Gasteiger partial charge in [-0.15, -0.1) is 0 Å². The molecule has 1 aromatic rings. The van der Waals surface area contributed by atoms with Gasteiger partial charge in [0.05, 0.1) is 0 Å². The van der Waals surface area contributed by atoms with Gasteiger partial charge in [-0.05, 0) is 51.9 Å². The monoisotopic (exact) mass is 341 g/mol. The number of halogens is 1. The molecule has 0 heterocycles. The molecule has 0 aliphatic heterocycles. The molecule has 1 unspecified atom stereocenters. The van der Waals surface area contributed by atoms with E-state index in [2.05, 4.69) is 10.2 Å². The van der Waals surface area contributed by atoms with Crippen LogP contribution in [0.4, 0.5) is 4.79 Å². The number of hydrogen-bond donors (Lipinski definition) is 2. The van der Waals surface area contributed by atoms with Crippen LogP contribution in [0.1, 0.15) is 32.8 Å². The van der Waals surface area contributed by atoms with E-state index in [1.54, 1.807) is 0 Å². The highest BCUT2D eigenvalue weighted by Gasteiger charge is 2.17. The number of ether oxygens (including phenoxy) is 1. The molecule has 23 heavy (non-hydrogen) atoms. The van der Waals surface area contributed by atoms with Crippen molar-refractivity contribution in [3.8, 4) is 0 Å². The molecule has 0 fully saturated rings. The van der Waals surface area contributed by atoms with E-state index in [4.69, 9.17) is 22.1 Å². The van der Waals surface area contributed by atoms with Gasteiger partial charge in [0.1, 0.15) is 5.60 Å². The van der Waals surface area contributed by atoms with Gasteiger partial charge in [-0.25, -0.2) is 4.79 Å². The number of alkyl carbamates (subject to hydrolysis) is 1. The lowest BCUT2D eigenvalue weighted by atomic mass is 10.1. The third-order valence-electron chi connectivity index (χ3n) is 3.36. The number of likely N-dealkylation sites (N-methyl/N-ethyl adjacent to an activating group) is 1. The molecule has 0 radical (unpaired) electrons. The summed E-state index contributed by atoms with van der Waals surface area (Å²) in [6.45, 7) is 7.33. The van der Waals surface area contributed by atoms with Gasteiger partial charge in [0, 0.05) is 30.7 Å². The average molecular weight is 342 g/mol. The number of nitrogens with zero attached hydrogens (tertiary/aromatic N) is 1. The number of benzene rings is 1. The summed E-state index contributed by atoms with van der Waals surface area (Å²) < 4.78 is 5.21. The maximum Gasteiger partial charge on any atom is 0.407 e. The molecular formula is C17H28ClN3O2. The first-order valence-corrected chi connectivity index (χ1v) is 8.20. The minimum Gasteiger partial charge on any atom is -0.444 e. The number of carbonyl (C=O) groups is 1. The molecule has 0 aliphatic rings. The van der Waals surface area contributed by atoms with Crippen LogP contribution in [0.25, 0.3) is 0 Å². The Hall–Kier alpha value is -1.30. The Kier molecular flexibility index (Phi) is 7.82. The number of rotatable bonds is 7. The minimum absolute atomic E-state index is 0.170. The van der Waals surface area contributed by atoms with Crippen molar-refractivity contribution < 1.29 is 9.53 Å². The first kappa shape index (κ1) is 19.7. The second kappa shape index (κ2) is 9.11. The summed E-state index contributed by atoms with van der Waals surface area (Å²) in [5.74, 6) is 0. The number of nitrogens with two attached hydrogens (primary N) is 1. The lowest BCUT2D eigenvalue weighted by Crippen LogP contribution is -2.41. The molecule has 130 valence electrons. The summed E-state index contributed by atoms with van der Waals surface area (Å²) in [5.41, 5.74) is 6.52. The van der Waals surface area contributed by atoms with Crippen molar-refractivity contribution in [2.75, 3.05) is 20.1 Å². The first-order chi connectivity index (χ1) is 10.7. The van der Waals surface area contributed by atoms with Crippen LogP contribution in [0.3, 0.4) is 0 Å². The topological polar surface area (TPSA) is 67.6 Å². The van der Waals surface area contributed by atoms with Crippen molar-refractivity contribution in [1.82, 2.24) is 10.2 Å². The van der Waals surface area contributed by atoms with E-state index in [-0.39, 0.29) is 6.04 Å². The second-order valence-corrected chi connectivity index (χ2v) is 7.09. The molecule has 0 aliphatic carbocycles. The smallest absolute Gasteiger partial charge is 0.407 e. The van der Waals surface area contributed by atoms with Gasteiger partial charge in [-0.1, -0.05) is 23.7 Å². The molecule has 0 spiro atoms. The van der Waals surface area contributed by atoms with Crippen molar-refractivity contribution in [3.05, 3.63) is 34.9 Å². The van der Waals surface area contributed by atoms with Gasteiger partial charge < -0.3 is 15.8 Å². The van der Waals surface area contributed by atoms with E-state index >= 15 is 0 Å². The Balaban J connectivity index is 2.42. The molecule has 6 heteroatoms. The summed E-state index contributed by atoms with van der Waals surface area (Å²) in [5, 5.41) is 3.50. The van der Waals surface area contributed by atoms with Crippen molar-refractivity contribution >= 4 is 17.7 Å². The van der Waals surface area contributed by atoms with Gasteiger partial charge in [0.15, 0.2) is 0 Å². The molecule has 0 aromatic heterocycles. The molecule has 1 rings (SSSR count). The van der Waals surface area contributed by atoms with Crippen LogP contribution in [0.5, 0.6) is 0 Å². The van der Waals surface area contributed by atoms with Gasteiger partial charge in [-0.3, -0.25) is 4.90 Å². The zero-order valence-electron chi connectivity index (χ0n) is 14.4. The molecule has 1 aromatic carbocycles. The predicted octanol–water partition coefficient (Wildman–Crippen LogP) is 3.01. The van der Waals surface area contributed by atoms with Crippen molar-refractivity contribution in [1.29, 1.82) is 0 Å². The second-order valence-electron chi connectivity index (χ2n) is 6.65. The Morgan fingerprint density at radius 1 is 1.43 bits per heavy atom. The molecule has 1 amide bonds. The van der Waals surface area contributed by atoms with Gasteiger partial charge in [0.2, 0.25) is 0 Å². The molecular weight excluding hydrogens is 314 g/mol. The zero-order valence-corrected chi connectivity index (χ0v) is 15.2. The number of hydrogen-bond acceptors (Lipinski definition) is 4. The Bertz CT molecular complexity index is 503. The van der Waals surface area contributed by atoms with Crippen molar-refractivity contribution in [2.45, 2.75) is 45.4 Å². The Morgan fingerprint density at radius 3 is 2.70 bits per heavy atom. The summed E-state index contributed by atoms with van der Waals surface area (Å²) in [6.07, 6.45) is 0.359. The fourth-order valence-electron chi connectivity index (χ4n) is 2.23. The summed E-state index contributed by atoms with van der Waals surface area (Å²) >= 11 is 6.01. The summed E-state index contributed by atoms with van der Waals surface area (Å²) in [6, 6.07) is 7.95. The first-order valence-electron chi connectivity index (χ1n) is 7.83. The lowest BCUT2D eigenvalue weighted by Gasteiger charge is -2.27. The maximum atomic E-state index is 11.6. The van der Waals surface area contributed by atoms with Crippen LogP contribution < -0.4 is 11.1 Å². The summed E-state index contributed by atoms with van der Waals surface area (Å²) in [4.78, 5) is 13.8. The standard InChI is InChI=1S/C17H28ClN3O2/c1-17(2,3)23-16(22)20-9-8-15(11-19)21(4)12-13-6-5-7-14(18)10-13/h5-7,10,15H,8-9,11-12,19H2,1-4H3,(H,20,22). The molecule has 0 saturated carbocycles. The van der Waals surface area contributed by atoms with Crippen LogP contribution >= 0.6 is 11.6 Å². The van der Waals surface area contributed by atoms with Crippen LogP contribution in [-0.4, -0.2) is 42.8 Å². The van der Waals surface area contributed by atoms with Crippen molar-refractivity contribution in [3.63, 3.8) is 0 Å². The van der Waals surface area contributed by atoms with E-state index in [1.807, 2.05) is 52.1 Å². The third-order valence-corrected chi connectivity index (χ3v) is 3.60. The summed E-state index contributed by atoms with van der Waals surface area (Å²) in [7, 11) is 2.02. The van der Waals surface area contributed by atoms with E-state index in [9.17, 15) is 4.79 Å². The Morgan fingerprint density at radius 2 is 2.13 bits per heavy atom. The number of carbonyl (C=O) groups excluding carboxylic acids is 1. The highest BCUT2D eigenvalue weighted by atomic mass is 35.5. The minimum atomic E-state index is -0.485. The van der Waals surface area contributed by atoms with Gasteiger partial charge in [0.25, 0.3) is 0 Å². The van der Waals surface area contributed by atoms with Gasteiger partial charge in [-0.2, -0.15) is 0 Å². The number of amides is 1. The highest BCUT2D eigenvalue weighted by molar-refractivity contribution is 6.30. The average Bonchev–Trinajstić information content (AvgIpc) is 2.41. The molecule has 0 bridgehead atoms. The molecule has 0 saturated heterocycles. The zero-order chi connectivity index (χ0) is 17.5. The van der Waals surface area contributed by atoms with Gasteiger partial charge >= 0.3 is 6.09 Å². The largest absolute Gasteiger partial charge is 0.444 e.